The lowest BCUT2D eigenvalue weighted by atomic mass is 10.1. The van der Waals surface area contributed by atoms with Gasteiger partial charge < -0.3 is 25.5 Å². The molecule has 7 nitrogen and oxygen atoms in total. The number of ether oxygens (including phenoxy) is 2. The van der Waals surface area contributed by atoms with Gasteiger partial charge in [-0.3, -0.25) is 0 Å². The fourth-order valence-corrected chi connectivity index (χ4v) is 2.33. The maximum absolute atomic E-state index is 10.7. The largest absolute Gasteiger partial charge is 0.473 e. The van der Waals surface area contributed by atoms with E-state index in [1.165, 1.54) is 0 Å². The summed E-state index contributed by atoms with van der Waals surface area (Å²) < 4.78 is 15.6. The quantitative estimate of drug-likeness (QED) is 0.697. The monoisotopic (exact) mass is 383 g/mol. The van der Waals surface area contributed by atoms with Crippen LogP contribution in [0.4, 0.5) is 4.79 Å². The summed E-state index contributed by atoms with van der Waals surface area (Å²) in [7, 11) is 0. The lowest BCUT2D eigenvalue weighted by Crippen LogP contribution is -2.19. The van der Waals surface area contributed by atoms with Crippen molar-refractivity contribution in [3.05, 3.63) is 53.1 Å². The van der Waals surface area contributed by atoms with Crippen molar-refractivity contribution in [2.75, 3.05) is 6.61 Å². The second kappa shape index (κ2) is 8.06. The number of hydrogen-bond acceptors (Lipinski definition) is 6. The number of rotatable bonds is 5. The van der Waals surface area contributed by atoms with Gasteiger partial charge in [0.25, 0.3) is 5.88 Å². The molecule has 0 fully saturated rings. The average Bonchev–Trinajstić information content (AvgIpc) is 2.95. The Balaban J connectivity index is 0.00000225. The lowest BCUT2D eigenvalue weighted by Gasteiger charge is -2.12. The molecule has 3 aromatic rings. The van der Waals surface area contributed by atoms with Gasteiger partial charge in [-0.15, -0.1) is 12.4 Å². The smallest absolute Gasteiger partial charge is 0.409 e. The number of hydrogen-bond donors (Lipinski definition) is 2. The standard InChI is InChI=1S/C16H14ClN3O4.ClH/c17-10-3-6-14-12(7-10)15(20-24-14)22-8-13(18)9-1-4-11(5-2-9)23-16(19)21;/h1-7,13H,8,18H2,(H2,19,21);1H. The van der Waals surface area contributed by atoms with Crippen LogP contribution in [-0.2, 0) is 0 Å². The van der Waals surface area contributed by atoms with Gasteiger partial charge in [-0.25, -0.2) is 4.79 Å². The molecule has 0 spiro atoms. The van der Waals surface area contributed by atoms with Gasteiger partial charge in [0.2, 0.25) is 0 Å². The first-order valence-electron chi connectivity index (χ1n) is 7.03. The van der Waals surface area contributed by atoms with Gasteiger partial charge in [0.05, 0.1) is 11.4 Å². The van der Waals surface area contributed by atoms with Crippen molar-refractivity contribution in [2.24, 2.45) is 11.5 Å². The van der Waals surface area contributed by atoms with Gasteiger partial charge in [-0.1, -0.05) is 23.7 Å². The van der Waals surface area contributed by atoms with Crippen LogP contribution < -0.4 is 20.9 Å². The van der Waals surface area contributed by atoms with Crippen molar-refractivity contribution in [1.82, 2.24) is 5.16 Å². The predicted octanol–water partition coefficient (Wildman–Crippen LogP) is 3.44. The fourth-order valence-electron chi connectivity index (χ4n) is 2.16. The number of amides is 1. The summed E-state index contributed by atoms with van der Waals surface area (Å²) in [5, 5.41) is 5.11. The predicted molar refractivity (Wildman–Crippen MR) is 95.3 cm³/mol. The van der Waals surface area contributed by atoms with E-state index >= 15 is 0 Å². The lowest BCUT2D eigenvalue weighted by molar-refractivity contribution is 0.211. The van der Waals surface area contributed by atoms with Crippen LogP contribution in [0.15, 0.2) is 47.0 Å². The third-order valence-electron chi connectivity index (χ3n) is 3.33. The number of carbonyl (C=O) groups excluding carboxylic acids is 1. The van der Waals surface area contributed by atoms with Crippen molar-refractivity contribution in [3.63, 3.8) is 0 Å². The molecule has 0 aliphatic heterocycles. The molecule has 1 heterocycles. The first kappa shape index (κ1) is 18.9. The van der Waals surface area contributed by atoms with Crippen molar-refractivity contribution in [1.29, 1.82) is 0 Å². The summed E-state index contributed by atoms with van der Waals surface area (Å²) in [5.41, 5.74) is 12.4. The van der Waals surface area contributed by atoms with Crippen LogP contribution in [0.1, 0.15) is 11.6 Å². The first-order valence-corrected chi connectivity index (χ1v) is 7.41. The number of nitrogens with zero attached hydrogens (tertiary/aromatic N) is 1. The second-order valence-corrected chi connectivity index (χ2v) is 5.47. The topological polar surface area (TPSA) is 114 Å². The van der Waals surface area contributed by atoms with Crippen molar-refractivity contribution in [3.8, 4) is 11.6 Å². The van der Waals surface area contributed by atoms with Crippen LogP contribution in [0.5, 0.6) is 11.6 Å². The van der Waals surface area contributed by atoms with Crippen molar-refractivity contribution >= 4 is 41.1 Å². The van der Waals surface area contributed by atoms with Gasteiger partial charge in [-0.05, 0) is 41.1 Å². The molecule has 0 aliphatic carbocycles. The average molecular weight is 384 g/mol. The van der Waals surface area contributed by atoms with E-state index in [0.717, 1.165) is 5.56 Å². The third-order valence-corrected chi connectivity index (χ3v) is 3.56. The molecule has 0 aliphatic rings. The SMILES string of the molecule is Cl.NC(=O)Oc1ccc(C(N)COc2noc3ccc(Cl)cc23)cc1. The molecule has 1 amide bonds. The Kier molecular flexibility index (Phi) is 6.08. The van der Waals surface area contributed by atoms with E-state index in [1.807, 2.05) is 0 Å². The highest BCUT2D eigenvalue weighted by Gasteiger charge is 2.13. The van der Waals surface area contributed by atoms with E-state index in [0.29, 0.717) is 27.6 Å². The van der Waals surface area contributed by atoms with Crippen LogP contribution in [-0.4, -0.2) is 17.9 Å². The van der Waals surface area contributed by atoms with Gasteiger partial charge in [0.15, 0.2) is 5.58 Å². The maximum atomic E-state index is 10.7. The molecule has 1 atom stereocenters. The molecule has 0 saturated heterocycles. The number of nitrogens with two attached hydrogens (primary N) is 2. The van der Waals surface area contributed by atoms with Crippen LogP contribution in [0.25, 0.3) is 11.0 Å². The van der Waals surface area contributed by atoms with E-state index < -0.39 is 12.1 Å². The minimum absolute atomic E-state index is 0. The summed E-state index contributed by atoms with van der Waals surface area (Å²) in [6, 6.07) is 11.4. The number of primary amides is 1. The minimum atomic E-state index is -0.869. The highest BCUT2D eigenvalue weighted by molar-refractivity contribution is 6.31. The zero-order valence-corrected chi connectivity index (χ0v) is 14.4. The molecule has 0 radical (unpaired) electrons. The van der Waals surface area contributed by atoms with Crippen molar-refractivity contribution in [2.45, 2.75) is 6.04 Å². The Morgan fingerprint density at radius 2 is 1.96 bits per heavy atom. The van der Waals surface area contributed by atoms with Gasteiger partial charge in [0, 0.05) is 5.02 Å². The molecule has 3 rings (SSSR count). The Labute approximate surface area is 154 Å². The van der Waals surface area contributed by atoms with Crippen LogP contribution in [0.2, 0.25) is 5.02 Å². The second-order valence-electron chi connectivity index (χ2n) is 5.04. The molecule has 9 heteroatoms. The molecular formula is C16H15Cl2N3O4. The summed E-state index contributed by atoms with van der Waals surface area (Å²) in [5.74, 6) is 0.674. The first-order chi connectivity index (χ1) is 11.5. The molecule has 1 unspecified atom stereocenters. The summed E-state index contributed by atoms with van der Waals surface area (Å²) >= 11 is 5.96. The zero-order valence-electron chi connectivity index (χ0n) is 12.8. The Hall–Kier alpha value is -2.48. The van der Waals surface area contributed by atoms with Crippen molar-refractivity contribution < 1.29 is 18.8 Å². The fraction of sp³-hybridized carbons (Fsp3) is 0.125. The molecule has 1 aromatic heterocycles. The zero-order chi connectivity index (χ0) is 17.1. The maximum Gasteiger partial charge on any atom is 0.409 e. The number of halogens is 2. The van der Waals surface area contributed by atoms with Crippen LogP contribution in [0, 0.1) is 0 Å². The van der Waals surface area contributed by atoms with Gasteiger partial charge in [-0.2, -0.15) is 0 Å². The van der Waals surface area contributed by atoms with Gasteiger partial charge in [0.1, 0.15) is 12.4 Å². The summed E-state index contributed by atoms with van der Waals surface area (Å²) in [6.45, 7) is 0.185. The molecule has 25 heavy (non-hydrogen) atoms. The Morgan fingerprint density at radius 3 is 2.64 bits per heavy atom. The molecular weight excluding hydrogens is 369 g/mol. The molecule has 0 bridgehead atoms. The van der Waals surface area contributed by atoms with Crippen LogP contribution in [0.3, 0.4) is 0 Å². The Morgan fingerprint density at radius 1 is 1.24 bits per heavy atom. The Bertz CT molecular complexity index is 867. The third kappa shape index (κ3) is 4.54. The van der Waals surface area contributed by atoms with E-state index in [-0.39, 0.29) is 19.0 Å². The number of carbonyl (C=O) groups is 1. The minimum Gasteiger partial charge on any atom is -0.473 e. The van der Waals surface area contributed by atoms with E-state index in [9.17, 15) is 4.79 Å². The molecule has 2 aromatic carbocycles. The number of fused-ring (bicyclic) bond motifs is 1. The normalized spacial score (nSPS) is 11.6. The van der Waals surface area contributed by atoms with Crippen LogP contribution >= 0.6 is 24.0 Å². The van der Waals surface area contributed by atoms with E-state index in [4.69, 9.17) is 37.1 Å². The van der Waals surface area contributed by atoms with E-state index in [2.05, 4.69) is 5.16 Å². The highest BCUT2D eigenvalue weighted by atomic mass is 35.5. The van der Waals surface area contributed by atoms with E-state index in [1.54, 1.807) is 42.5 Å². The molecule has 132 valence electrons. The molecule has 0 saturated carbocycles. The highest BCUT2D eigenvalue weighted by Crippen LogP contribution is 2.28. The van der Waals surface area contributed by atoms with Gasteiger partial charge >= 0.3 is 6.09 Å². The number of aromatic nitrogens is 1. The summed E-state index contributed by atoms with van der Waals surface area (Å²) in [6.07, 6.45) is -0.869. The summed E-state index contributed by atoms with van der Waals surface area (Å²) in [4.78, 5) is 10.7. The molecule has 4 N–H and O–H groups in total. The number of benzene rings is 2.